The normalized spacial score (nSPS) is 12.3. The molecule has 0 radical (unpaired) electrons. The minimum absolute atomic E-state index is 0.0365. The summed E-state index contributed by atoms with van der Waals surface area (Å²) in [7, 11) is 1.66. The maximum Gasteiger partial charge on any atom is 0.137 e. The average Bonchev–Trinajstić information content (AvgIpc) is 2.38. The Morgan fingerprint density at radius 2 is 1.84 bits per heavy atom. The molecule has 0 aliphatic carbocycles. The van der Waals surface area contributed by atoms with Crippen molar-refractivity contribution >= 4 is 66.1 Å². The molecule has 0 spiro atoms. The minimum atomic E-state index is 0.0365. The van der Waals surface area contributed by atoms with Crippen LogP contribution in [-0.2, 0) is 0 Å². The minimum Gasteiger partial charge on any atom is -0.495 e. The third-order valence-electron chi connectivity index (χ3n) is 2.68. The molecule has 0 aliphatic rings. The van der Waals surface area contributed by atoms with Crippen molar-refractivity contribution in [2.24, 2.45) is 0 Å². The monoisotopic (exact) mass is 514 g/mol. The van der Waals surface area contributed by atoms with Gasteiger partial charge in [0.1, 0.15) is 5.75 Å². The van der Waals surface area contributed by atoms with Crippen LogP contribution in [0.25, 0.3) is 0 Å². The number of hydrogen-bond donors (Lipinski definition) is 0. The zero-order valence-electron chi connectivity index (χ0n) is 9.96. The molecule has 5 heteroatoms. The van der Waals surface area contributed by atoms with E-state index in [0.29, 0.717) is 5.02 Å². The largest absolute Gasteiger partial charge is 0.495 e. The van der Waals surface area contributed by atoms with E-state index < -0.39 is 0 Å². The SMILES string of the molecule is COc1c(Br)cc(Cl)cc1C(Br)c1ccc(I)cc1. The van der Waals surface area contributed by atoms with Gasteiger partial charge in [-0.3, -0.25) is 0 Å². The molecule has 1 unspecified atom stereocenters. The van der Waals surface area contributed by atoms with E-state index in [1.807, 2.05) is 12.1 Å². The van der Waals surface area contributed by atoms with Crippen LogP contribution in [0, 0.1) is 3.57 Å². The van der Waals surface area contributed by atoms with E-state index in [1.54, 1.807) is 7.11 Å². The van der Waals surface area contributed by atoms with Crippen LogP contribution in [0.3, 0.4) is 0 Å². The molecule has 2 aromatic rings. The summed E-state index contributed by atoms with van der Waals surface area (Å²) in [5.41, 5.74) is 2.16. The van der Waals surface area contributed by atoms with Crippen molar-refractivity contribution in [3.8, 4) is 5.75 Å². The lowest BCUT2D eigenvalue weighted by Gasteiger charge is -2.16. The summed E-state index contributed by atoms with van der Waals surface area (Å²) < 4.78 is 7.52. The summed E-state index contributed by atoms with van der Waals surface area (Å²) in [6.07, 6.45) is 0. The van der Waals surface area contributed by atoms with Crippen LogP contribution in [0.2, 0.25) is 5.02 Å². The Hall–Kier alpha value is 0.220. The smallest absolute Gasteiger partial charge is 0.137 e. The van der Waals surface area contributed by atoms with Gasteiger partial charge < -0.3 is 4.74 Å². The van der Waals surface area contributed by atoms with Gasteiger partial charge in [0.25, 0.3) is 0 Å². The standard InChI is InChI=1S/C14H10Br2ClIO/c1-19-14-11(6-9(17)7-12(14)15)13(16)8-2-4-10(18)5-3-8/h2-7,13H,1H3. The van der Waals surface area contributed by atoms with Gasteiger partial charge in [0.05, 0.1) is 16.4 Å². The van der Waals surface area contributed by atoms with Crippen molar-refractivity contribution in [3.05, 3.63) is 60.6 Å². The summed E-state index contributed by atoms with van der Waals surface area (Å²) in [4.78, 5) is 0.0365. The van der Waals surface area contributed by atoms with E-state index in [4.69, 9.17) is 16.3 Å². The fourth-order valence-electron chi connectivity index (χ4n) is 1.80. The average molecular weight is 516 g/mol. The molecular formula is C14H10Br2ClIO. The maximum atomic E-state index is 6.13. The number of methoxy groups -OCH3 is 1. The maximum absolute atomic E-state index is 6.13. The molecular weight excluding hydrogens is 506 g/mol. The van der Waals surface area contributed by atoms with Crippen LogP contribution < -0.4 is 4.74 Å². The fraction of sp³-hybridized carbons (Fsp3) is 0.143. The molecule has 0 fully saturated rings. The zero-order chi connectivity index (χ0) is 14.0. The molecule has 0 bridgehead atoms. The summed E-state index contributed by atoms with van der Waals surface area (Å²) >= 11 is 15.6. The summed E-state index contributed by atoms with van der Waals surface area (Å²) in [5.74, 6) is 0.796. The fourth-order valence-corrected chi connectivity index (χ4v) is 3.80. The van der Waals surface area contributed by atoms with E-state index in [1.165, 1.54) is 3.57 Å². The van der Waals surface area contributed by atoms with E-state index >= 15 is 0 Å². The number of alkyl halides is 1. The molecule has 0 amide bonds. The van der Waals surface area contributed by atoms with Crippen molar-refractivity contribution < 1.29 is 4.74 Å². The van der Waals surface area contributed by atoms with Crippen LogP contribution in [0.5, 0.6) is 5.75 Å². The van der Waals surface area contributed by atoms with E-state index in [-0.39, 0.29) is 4.83 Å². The molecule has 0 aromatic heterocycles. The molecule has 0 heterocycles. The second kappa shape index (κ2) is 6.78. The van der Waals surface area contributed by atoms with Gasteiger partial charge >= 0.3 is 0 Å². The van der Waals surface area contributed by atoms with E-state index in [0.717, 1.165) is 21.3 Å². The number of ether oxygens (including phenoxy) is 1. The van der Waals surface area contributed by atoms with Gasteiger partial charge in [0, 0.05) is 14.2 Å². The number of rotatable bonds is 3. The number of hydrogen-bond acceptors (Lipinski definition) is 1. The van der Waals surface area contributed by atoms with Crippen LogP contribution in [0.15, 0.2) is 40.9 Å². The molecule has 0 saturated carbocycles. The van der Waals surface area contributed by atoms with Gasteiger partial charge in [-0.05, 0) is 68.3 Å². The molecule has 0 N–H and O–H groups in total. The molecule has 19 heavy (non-hydrogen) atoms. The van der Waals surface area contributed by atoms with E-state index in [9.17, 15) is 0 Å². The Balaban J connectivity index is 2.48. The van der Waals surface area contributed by atoms with Gasteiger partial charge in [-0.2, -0.15) is 0 Å². The summed E-state index contributed by atoms with van der Waals surface area (Å²) in [6, 6.07) is 12.1. The van der Waals surface area contributed by atoms with Crippen molar-refractivity contribution in [3.63, 3.8) is 0 Å². The van der Waals surface area contributed by atoms with Crippen LogP contribution in [0.1, 0.15) is 16.0 Å². The first kappa shape index (κ1) is 15.6. The number of benzene rings is 2. The molecule has 0 aliphatic heterocycles. The van der Waals surface area contributed by atoms with Gasteiger partial charge in [-0.25, -0.2) is 0 Å². The lowest BCUT2D eigenvalue weighted by Crippen LogP contribution is -1.98. The van der Waals surface area contributed by atoms with Gasteiger partial charge in [0.2, 0.25) is 0 Å². The topological polar surface area (TPSA) is 9.23 Å². The second-order valence-electron chi connectivity index (χ2n) is 3.92. The third kappa shape index (κ3) is 3.65. The highest BCUT2D eigenvalue weighted by atomic mass is 127. The van der Waals surface area contributed by atoms with Crippen molar-refractivity contribution in [1.29, 1.82) is 0 Å². The van der Waals surface area contributed by atoms with Crippen LogP contribution in [0.4, 0.5) is 0 Å². The molecule has 1 nitrogen and oxygen atoms in total. The quantitative estimate of drug-likeness (QED) is 0.349. The highest BCUT2D eigenvalue weighted by Gasteiger charge is 2.18. The molecule has 1 atom stereocenters. The van der Waals surface area contributed by atoms with Crippen LogP contribution in [-0.4, -0.2) is 7.11 Å². The Bertz CT molecular complexity index is 587. The Labute approximate surface area is 148 Å². The molecule has 0 saturated heterocycles. The van der Waals surface area contributed by atoms with Crippen molar-refractivity contribution in [1.82, 2.24) is 0 Å². The van der Waals surface area contributed by atoms with E-state index in [2.05, 4.69) is 78.7 Å². The first-order chi connectivity index (χ1) is 9.02. The van der Waals surface area contributed by atoms with Crippen LogP contribution >= 0.6 is 66.1 Å². The first-order valence-electron chi connectivity index (χ1n) is 5.45. The molecule has 2 aromatic carbocycles. The highest BCUT2D eigenvalue weighted by molar-refractivity contribution is 14.1. The lowest BCUT2D eigenvalue weighted by atomic mass is 10.0. The zero-order valence-corrected chi connectivity index (χ0v) is 16.0. The summed E-state index contributed by atoms with van der Waals surface area (Å²) in [5, 5.41) is 0.678. The molecule has 2 rings (SSSR count). The predicted octanol–water partition coefficient (Wildman–Crippen LogP) is 6.20. The third-order valence-corrected chi connectivity index (χ3v) is 5.23. The summed E-state index contributed by atoms with van der Waals surface area (Å²) in [6.45, 7) is 0. The van der Waals surface area contributed by atoms with Crippen molar-refractivity contribution in [2.45, 2.75) is 4.83 Å². The van der Waals surface area contributed by atoms with Gasteiger partial charge in [-0.15, -0.1) is 0 Å². The second-order valence-corrected chi connectivity index (χ2v) is 7.38. The van der Waals surface area contributed by atoms with Gasteiger partial charge in [-0.1, -0.05) is 39.7 Å². The Morgan fingerprint density at radius 1 is 1.21 bits per heavy atom. The first-order valence-corrected chi connectivity index (χ1v) is 8.62. The van der Waals surface area contributed by atoms with Crippen molar-refractivity contribution in [2.75, 3.05) is 7.11 Å². The molecule has 100 valence electrons. The number of halogens is 4. The van der Waals surface area contributed by atoms with Gasteiger partial charge in [0.15, 0.2) is 0 Å². The Kier molecular flexibility index (Phi) is 5.57. The Morgan fingerprint density at radius 3 is 2.42 bits per heavy atom. The predicted molar refractivity (Wildman–Crippen MR) is 95.6 cm³/mol. The highest BCUT2D eigenvalue weighted by Crippen LogP contribution is 2.42. The lowest BCUT2D eigenvalue weighted by molar-refractivity contribution is 0.408.